The molecule has 10 heteroatoms. The van der Waals surface area contributed by atoms with Crippen LogP contribution in [0.5, 0.6) is 11.5 Å². The van der Waals surface area contributed by atoms with E-state index in [1.165, 1.54) is 30.7 Å². The Hall–Kier alpha value is -2.23. The van der Waals surface area contributed by atoms with Crippen LogP contribution >= 0.6 is 15.9 Å². The molecule has 0 atom stereocenters. The maximum absolute atomic E-state index is 12.9. The Labute approximate surface area is 185 Å². The Bertz CT molecular complexity index is 812. The molecule has 2 aromatic rings. The molecule has 170 valence electrons. The first-order valence-electron chi connectivity index (χ1n) is 9.59. The zero-order valence-corrected chi connectivity index (χ0v) is 18.1. The summed E-state index contributed by atoms with van der Waals surface area (Å²) in [4.78, 5) is 0. The summed E-state index contributed by atoms with van der Waals surface area (Å²) in [5.41, 5.74) is 0.966. The molecule has 0 saturated carbocycles. The van der Waals surface area contributed by atoms with Gasteiger partial charge in [0.05, 0.1) is 18.0 Å². The van der Waals surface area contributed by atoms with Crippen molar-refractivity contribution in [2.45, 2.75) is 37.8 Å². The number of nitrogens with zero attached hydrogens (tertiary/aromatic N) is 2. The van der Waals surface area contributed by atoms with E-state index in [0.29, 0.717) is 18.0 Å². The van der Waals surface area contributed by atoms with E-state index in [-0.39, 0.29) is 5.75 Å². The number of halogens is 6. The second kappa shape index (κ2) is 12.0. The van der Waals surface area contributed by atoms with E-state index in [0.717, 1.165) is 30.3 Å². The maximum atomic E-state index is 12.9. The molecule has 0 saturated heterocycles. The number of hydrogen-bond acceptors (Lipinski definition) is 4. The van der Waals surface area contributed by atoms with Gasteiger partial charge in [-0.3, -0.25) is 0 Å². The van der Waals surface area contributed by atoms with Gasteiger partial charge < -0.3 is 9.47 Å². The Kier molecular flexibility index (Phi) is 9.67. The molecule has 31 heavy (non-hydrogen) atoms. The molecule has 2 rings (SSSR count). The van der Waals surface area contributed by atoms with E-state index in [9.17, 15) is 22.0 Å². The van der Waals surface area contributed by atoms with Gasteiger partial charge in [0.2, 0.25) is 0 Å². The summed E-state index contributed by atoms with van der Waals surface area (Å²) in [6.45, 7) is -1.14. The van der Waals surface area contributed by atoms with Gasteiger partial charge in [-0.15, -0.1) is 0 Å². The molecule has 0 amide bonds. The second-order valence-corrected chi connectivity index (χ2v) is 7.42. The Balaban J connectivity index is 1.80. The molecule has 0 aliphatic heterocycles. The van der Waals surface area contributed by atoms with Gasteiger partial charge in [0.15, 0.2) is 6.61 Å². The van der Waals surface area contributed by atoms with Crippen molar-refractivity contribution in [1.82, 2.24) is 0 Å². The van der Waals surface area contributed by atoms with E-state index in [1.54, 1.807) is 24.3 Å². The predicted molar refractivity (Wildman–Crippen MR) is 111 cm³/mol. The third kappa shape index (κ3) is 8.80. The quantitative estimate of drug-likeness (QED) is 0.126. The average molecular weight is 509 g/mol. The summed E-state index contributed by atoms with van der Waals surface area (Å²) < 4.78 is 72.3. The third-order valence-electron chi connectivity index (χ3n) is 4.09. The van der Waals surface area contributed by atoms with Crippen LogP contribution < -0.4 is 9.47 Å². The first-order valence-corrected chi connectivity index (χ1v) is 10.7. The molecule has 4 nitrogen and oxygen atoms in total. The molecule has 0 spiro atoms. The molecule has 2 aromatic carbocycles. The zero-order chi connectivity index (χ0) is 22.7. The van der Waals surface area contributed by atoms with E-state index < -0.39 is 18.7 Å². The fourth-order valence-corrected chi connectivity index (χ4v) is 2.73. The van der Waals surface area contributed by atoms with Crippen molar-refractivity contribution in [3.05, 3.63) is 48.5 Å². The minimum absolute atomic E-state index is 0.128. The highest BCUT2D eigenvalue weighted by Gasteiger charge is 2.58. The number of unbranched alkanes of at least 4 members (excludes halogenated alkanes) is 3. The van der Waals surface area contributed by atoms with Crippen LogP contribution in [0, 0.1) is 0 Å². The molecule has 0 aliphatic carbocycles. The minimum atomic E-state index is -5.66. The summed E-state index contributed by atoms with van der Waals surface area (Å²) in [6.07, 6.45) is -1.23. The molecule has 0 heterocycles. The molecule has 0 aliphatic rings. The van der Waals surface area contributed by atoms with Gasteiger partial charge in [-0.05, 0) is 61.4 Å². The topological polar surface area (TPSA) is 43.2 Å². The van der Waals surface area contributed by atoms with E-state index in [2.05, 4.69) is 30.9 Å². The number of azo groups is 1. The normalized spacial score (nSPS) is 12.3. The number of rotatable bonds is 12. The van der Waals surface area contributed by atoms with Crippen molar-refractivity contribution < 1.29 is 31.4 Å². The van der Waals surface area contributed by atoms with Gasteiger partial charge in [0, 0.05) is 5.33 Å². The number of ether oxygens (including phenoxy) is 2. The highest BCUT2D eigenvalue weighted by Crippen LogP contribution is 2.36. The molecule has 0 radical (unpaired) electrons. The van der Waals surface area contributed by atoms with Gasteiger partial charge in [-0.25, -0.2) is 0 Å². The lowest BCUT2D eigenvalue weighted by atomic mass is 10.2. The third-order valence-corrected chi connectivity index (χ3v) is 4.65. The highest BCUT2D eigenvalue weighted by atomic mass is 79.9. The van der Waals surface area contributed by atoms with Crippen molar-refractivity contribution in [3.8, 4) is 11.5 Å². The van der Waals surface area contributed by atoms with Crippen molar-refractivity contribution in [2.24, 2.45) is 10.2 Å². The Morgan fingerprint density at radius 3 is 1.65 bits per heavy atom. The lowest BCUT2D eigenvalue weighted by molar-refractivity contribution is -0.290. The summed E-state index contributed by atoms with van der Waals surface area (Å²) in [6, 6.07) is 12.3. The van der Waals surface area contributed by atoms with Crippen LogP contribution in [0.25, 0.3) is 0 Å². The number of alkyl halides is 6. The standard InChI is InChI=1S/C21H22BrF5N2O2/c22-13-3-1-2-4-14-30-18-9-5-16(6-10-18)28-29-17-7-11-19(12-8-17)31-15-20(23,24)21(25,26)27/h5-12H,1-4,13-15H2. The van der Waals surface area contributed by atoms with Crippen molar-refractivity contribution >= 4 is 27.3 Å². The van der Waals surface area contributed by atoms with Gasteiger partial charge in [-0.1, -0.05) is 28.8 Å². The van der Waals surface area contributed by atoms with Crippen molar-refractivity contribution in [1.29, 1.82) is 0 Å². The van der Waals surface area contributed by atoms with E-state index >= 15 is 0 Å². The lowest BCUT2D eigenvalue weighted by Crippen LogP contribution is -2.41. The monoisotopic (exact) mass is 508 g/mol. The lowest BCUT2D eigenvalue weighted by Gasteiger charge is -2.19. The highest BCUT2D eigenvalue weighted by molar-refractivity contribution is 9.09. The molecule has 0 N–H and O–H groups in total. The molecule has 0 unspecified atom stereocenters. The summed E-state index contributed by atoms with van der Waals surface area (Å²) in [5, 5.41) is 9.06. The van der Waals surface area contributed by atoms with Crippen molar-refractivity contribution in [3.63, 3.8) is 0 Å². The van der Waals surface area contributed by atoms with Gasteiger partial charge in [-0.2, -0.15) is 32.2 Å². The SMILES string of the molecule is FC(F)(F)C(F)(F)COc1ccc(N=Nc2ccc(OCCCCCCBr)cc2)cc1. The van der Waals surface area contributed by atoms with Gasteiger partial charge in [0.1, 0.15) is 11.5 Å². The van der Waals surface area contributed by atoms with Crippen LogP contribution in [0.3, 0.4) is 0 Å². The molecule has 0 aromatic heterocycles. The fourth-order valence-electron chi connectivity index (χ4n) is 2.33. The van der Waals surface area contributed by atoms with Gasteiger partial charge in [0.25, 0.3) is 0 Å². The van der Waals surface area contributed by atoms with Crippen molar-refractivity contribution in [2.75, 3.05) is 18.5 Å². The summed E-state index contributed by atoms with van der Waals surface area (Å²) >= 11 is 3.40. The van der Waals surface area contributed by atoms with Gasteiger partial charge >= 0.3 is 12.1 Å². The number of benzene rings is 2. The van der Waals surface area contributed by atoms with Crippen LogP contribution in [0.4, 0.5) is 33.3 Å². The maximum Gasteiger partial charge on any atom is 0.456 e. The molecule has 0 bridgehead atoms. The smallest absolute Gasteiger partial charge is 0.456 e. The molecular weight excluding hydrogens is 487 g/mol. The zero-order valence-electron chi connectivity index (χ0n) is 16.5. The van der Waals surface area contributed by atoms with Crippen LogP contribution in [0.1, 0.15) is 25.7 Å². The summed E-state index contributed by atoms with van der Waals surface area (Å²) in [7, 11) is 0. The minimum Gasteiger partial charge on any atom is -0.494 e. The van der Waals surface area contributed by atoms with E-state index in [4.69, 9.17) is 4.74 Å². The van der Waals surface area contributed by atoms with Crippen LogP contribution in [0.15, 0.2) is 58.8 Å². The average Bonchev–Trinajstić information content (AvgIpc) is 2.74. The van der Waals surface area contributed by atoms with Crippen LogP contribution in [-0.4, -0.2) is 30.6 Å². The molecular formula is C21H22BrF5N2O2. The molecule has 0 fully saturated rings. The van der Waals surface area contributed by atoms with Crippen LogP contribution in [0.2, 0.25) is 0 Å². The van der Waals surface area contributed by atoms with E-state index in [1.807, 2.05) is 0 Å². The number of hydrogen-bond donors (Lipinski definition) is 0. The predicted octanol–water partition coefficient (Wildman–Crippen LogP) is 8.01. The second-order valence-electron chi connectivity index (χ2n) is 6.63. The Morgan fingerprint density at radius 1 is 0.677 bits per heavy atom. The first kappa shape index (κ1) is 25.0. The Morgan fingerprint density at radius 2 is 1.16 bits per heavy atom. The fraction of sp³-hybridized carbons (Fsp3) is 0.429. The van der Waals surface area contributed by atoms with Crippen LogP contribution in [-0.2, 0) is 0 Å². The first-order chi connectivity index (χ1) is 14.7. The largest absolute Gasteiger partial charge is 0.494 e. The summed E-state index contributed by atoms with van der Waals surface area (Å²) in [5.74, 6) is -4.32.